The number of carboxylic acids is 1. The molecule has 7 heteroatoms. The van der Waals surface area contributed by atoms with E-state index in [0.717, 1.165) is 18.4 Å². The molecule has 0 fully saturated rings. The van der Waals surface area contributed by atoms with Gasteiger partial charge in [0.05, 0.1) is 19.3 Å². The summed E-state index contributed by atoms with van der Waals surface area (Å²) < 4.78 is 16.7. The largest absolute Gasteiger partial charge is 0.497 e. The van der Waals surface area contributed by atoms with Crippen molar-refractivity contribution in [2.24, 2.45) is 0 Å². The Bertz CT molecular complexity index is 1090. The smallest absolute Gasteiger partial charge is 0.347 e. The number of benzene rings is 2. The van der Waals surface area contributed by atoms with Crippen LogP contribution in [0.5, 0.6) is 17.2 Å². The first-order valence-corrected chi connectivity index (χ1v) is 10.6. The first kappa shape index (κ1) is 23.8. The SMILES string of the molecule is COc1ccc(C(=O)c2ccc(OCCCc3cccnc3)cc2)c(OC(C)(C)C(=O)O)c1. The molecule has 0 saturated heterocycles. The number of pyridine rings is 1. The third-order valence-corrected chi connectivity index (χ3v) is 5.03. The number of ketones is 1. The van der Waals surface area contributed by atoms with Gasteiger partial charge in [0.15, 0.2) is 11.4 Å². The molecule has 1 aromatic heterocycles. The number of ether oxygens (including phenoxy) is 3. The van der Waals surface area contributed by atoms with E-state index in [1.165, 1.54) is 27.0 Å². The number of rotatable bonds is 11. The molecule has 0 unspecified atom stereocenters. The molecular formula is C26H27NO6. The molecule has 33 heavy (non-hydrogen) atoms. The van der Waals surface area contributed by atoms with E-state index < -0.39 is 11.6 Å². The number of nitrogens with zero attached hydrogens (tertiary/aromatic N) is 1. The zero-order valence-corrected chi connectivity index (χ0v) is 18.9. The van der Waals surface area contributed by atoms with Crippen molar-refractivity contribution in [2.75, 3.05) is 13.7 Å². The zero-order valence-electron chi connectivity index (χ0n) is 18.9. The van der Waals surface area contributed by atoms with Gasteiger partial charge in [-0.1, -0.05) is 6.07 Å². The van der Waals surface area contributed by atoms with E-state index >= 15 is 0 Å². The van der Waals surface area contributed by atoms with Gasteiger partial charge >= 0.3 is 5.97 Å². The van der Waals surface area contributed by atoms with Crippen LogP contribution in [-0.2, 0) is 11.2 Å². The van der Waals surface area contributed by atoms with Crippen LogP contribution < -0.4 is 14.2 Å². The lowest BCUT2D eigenvalue weighted by molar-refractivity contribution is -0.152. The number of aromatic nitrogens is 1. The van der Waals surface area contributed by atoms with E-state index in [1.807, 2.05) is 18.3 Å². The minimum Gasteiger partial charge on any atom is -0.497 e. The van der Waals surface area contributed by atoms with Crippen molar-refractivity contribution in [3.63, 3.8) is 0 Å². The fourth-order valence-electron chi connectivity index (χ4n) is 3.09. The summed E-state index contributed by atoms with van der Waals surface area (Å²) in [4.78, 5) is 28.7. The fraction of sp³-hybridized carbons (Fsp3) is 0.269. The normalized spacial score (nSPS) is 11.0. The summed E-state index contributed by atoms with van der Waals surface area (Å²) in [7, 11) is 1.48. The van der Waals surface area contributed by atoms with E-state index in [0.29, 0.717) is 23.7 Å². The molecule has 0 aliphatic heterocycles. The summed E-state index contributed by atoms with van der Waals surface area (Å²) in [5.74, 6) is -0.179. The highest BCUT2D eigenvalue weighted by molar-refractivity contribution is 6.11. The first-order valence-electron chi connectivity index (χ1n) is 10.6. The number of aliphatic carboxylic acids is 1. The van der Waals surface area contributed by atoms with Crippen molar-refractivity contribution < 1.29 is 28.9 Å². The molecule has 1 N–H and O–H groups in total. The van der Waals surface area contributed by atoms with Gasteiger partial charge in [-0.15, -0.1) is 0 Å². The van der Waals surface area contributed by atoms with E-state index in [2.05, 4.69) is 4.98 Å². The third-order valence-electron chi connectivity index (χ3n) is 5.03. The Morgan fingerprint density at radius 1 is 1.03 bits per heavy atom. The molecule has 0 saturated carbocycles. The van der Waals surface area contributed by atoms with Gasteiger partial charge in [-0.3, -0.25) is 9.78 Å². The number of methoxy groups -OCH3 is 1. The molecule has 3 aromatic rings. The standard InChI is InChI=1S/C26H27NO6/c1-26(2,25(29)30)33-23-16-21(31-3)12-13-22(23)24(28)19-8-10-20(11-9-19)32-15-5-7-18-6-4-14-27-17-18/h4,6,8-14,16-17H,5,7,15H2,1-3H3,(H,29,30). The first-order chi connectivity index (χ1) is 15.8. The lowest BCUT2D eigenvalue weighted by atomic mass is 10.0. The summed E-state index contributed by atoms with van der Waals surface area (Å²) in [5.41, 5.74) is 0.316. The highest BCUT2D eigenvalue weighted by atomic mass is 16.5. The van der Waals surface area contributed by atoms with Gasteiger partial charge in [-0.2, -0.15) is 0 Å². The number of hydrogen-bond acceptors (Lipinski definition) is 6. The van der Waals surface area contributed by atoms with Crippen molar-refractivity contribution in [1.29, 1.82) is 0 Å². The molecule has 1 heterocycles. The van der Waals surface area contributed by atoms with Crippen LogP contribution in [0, 0.1) is 0 Å². The highest BCUT2D eigenvalue weighted by Gasteiger charge is 2.31. The number of aryl methyl sites for hydroxylation is 1. The van der Waals surface area contributed by atoms with Crippen molar-refractivity contribution in [2.45, 2.75) is 32.3 Å². The second-order valence-electron chi connectivity index (χ2n) is 7.95. The summed E-state index contributed by atoms with van der Waals surface area (Å²) >= 11 is 0. The van der Waals surface area contributed by atoms with Crippen LogP contribution in [-0.4, -0.2) is 41.2 Å². The van der Waals surface area contributed by atoms with E-state index in [4.69, 9.17) is 14.2 Å². The van der Waals surface area contributed by atoms with Crippen molar-refractivity contribution >= 4 is 11.8 Å². The van der Waals surface area contributed by atoms with Crippen LogP contribution in [0.1, 0.15) is 41.8 Å². The summed E-state index contributed by atoms with van der Waals surface area (Å²) in [6.07, 6.45) is 5.31. The second kappa shape index (κ2) is 10.6. The summed E-state index contributed by atoms with van der Waals surface area (Å²) in [5, 5.41) is 9.40. The van der Waals surface area contributed by atoms with Gasteiger partial charge < -0.3 is 19.3 Å². The van der Waals surface area contributed by atoms with Crippen molar-refractivity contribution in [3.05, 3.63) is 83.7 Å². The second-order valence-corrected chi connectivity index (χ2v) is 7.95. The zero-order chi connectivity index (χ0) is 23.8. The maximum absolute atomic E-state index is 13.1. The molecule has 2 aromatic carbocycles. The Kier molecular flexibility index (Phi) is 7.66. The number of carbonyl (C=O) groups excluding carboxylic acids is 1. The molecule has 3 rings (SSSR count). The van der Waals surface area contributed by atoms with E-state index in [9.17, 15) is 14.7 Å². The maximum atomic E-state index is 13.1. The van der Waals surface area contributed by atoms with Crippen LogP contribution in [0.2, 0.25) is 0 Å². The molecule has 0 spiro atoms. The molecule has 0 radical (unpaired) electrons. The average molecular weight is 450 g/mol. The van der Waals surface area contributed by atoms with Gasteiger partial charge in [0, 0.05) is 24.0 Å². The topological polar surface area (TPSA) is 95.0 Å². The summed E-state index contributed by atoms with van der Waals surface area (Å²) in [6, 6.07) is 15.5. The van der Waals surface area contributed by atoms with Crippen LogP contribution in [0.4, 0.5) is 0 Å². The Balaban J connectivity index is 1.68. The molecule has 7 nitrogen and oxygen atoms in total. The Hall–Kier alpha value is -3.87. The summed E-state index contributed by atoms with van der Waals surface area (Å²) in [6.45, 7) is 3.38. The quantitative estimate of drug-likeness (QED) is 0.338. The monoisotopic (exact) mass is 449 g/mol. The highest BCUT2D eigenvalue weighted by Crippen LogP contribution is 2.30. The van der Waals surface area contributed by atoms with Crippen LogP contribution in [0.3, 0.4) is 0 Å². The number of hydrogen-bond donors (Lipinski definition) is 1. The lowest BCUT2D eigenvalue weighted by Gasteiger charge is -2.23. The predicted molar refractivity (Wildman–Crippen MR) is 123 cm³/mol. The van der Waals surface area contributed by atoms with Crippen molar-refractivity contribution in [3.8, 4) is 17.2 Å². The van der Waals surface area contributed by atoms with Gasteiger partial charge in [0.25, 0.3) is 0 Å². The van der Waals surface area contributed by atoms with Gasteiger partial charge in [0.2, 0.25) is 0 Å². The number of carboxylic acid groups (broad SMARTS) is 1. The Morgan fingerprint density at radius 3 is 2.39 bits per heavy atom. The minimum absolute atomic E-state index is 0.141. The minimum atomic E-state index is -1.52. The van der Waals surface area contributed by atoms with Gasteiger partial charge in [-0.25, -0.2) is 4.79 Å². The fourth-order valence-corrected chi connectivity index (χ4v) is 3.09. The van der Waals surface area contributed by atoms with Crippen LogP contribution in [0.15, 0.2) is 67.0 Å². The predicted octanol–water partition coefficient (Wildman–Crippen LogP) is 4.57. The molecule has 0 aliphatic rings. The molecule has 0 atom stereocenters. The maximum Gasteiger partial charge on any atom is 0.347 e. The van der Waals surface area contributed by atoms with E-state index in [-0.39, 0.29) is 17.1 Å². The van der Waals surface area contributed by atoms with E-state index in [1.54, 1.807) is 42.6 Å². The average Bonchev–Trinajstić information content (AvgIpc) is 2.82. The van der Waals surface area contributed by atoms with Gasteiger partial charge in [0.1, 0.15) is 17.2 Å². The van der Waals surface area contributed by atoms with Crippen LogP contribution >= 0.6 is 0 Å². The number of carbonyl (C=O) groups is 2. The van der Waals surface area contributed by atoms with Crippen LogP contribution in [0.25, 0.3) is 0 Å². The third kappa shape index (κ3) is 6.32. The molecule has 172 valence electrons. The molecule has 0 amide bonds. The molecular weight excluding hydrogens is 422 g/mol. The Morgan fingerprint density at radius 2 is 1.76 bits per heavy atom. The van der Waals surface area contributed by atoms with Crippen molar-refractivity contribution in [1.82, 2.24) is 4.98 Å². The Labute approximate surface area is 193 Å². The molecule has 0 bridgehead atoms. The van der Waals surface area contributed by atoms with Gasteiger partial charge in [-0.05, 0) is 74.7 Å². The lowest BCUT2D eigenvalue weighted by Crippen LogP contribution is -2.38. The molecule has 0 aliphatic carbocycles.